The topological polar surface area (TPSA) is 214 Å². The van der Waals surface area contributed by atoms with Crippen LogP contribution in [-0.4, -0.2) is 135 Å². The molecule has 0 bridgehead atoms. The highest BCUT2D eigenvalue weighted by Gasteiger charge is 2.36. The SMILES string of the molecule is CC(C)(C)OC(=O)CC(CCCCCCCCN(C(=O)OC(C)(C)C)C(=NC(=O)OC(C)(C)C)N(CCOc1ccc2cc(C3=NCCCN3C(=O)OC(C)(C)C)ccc2c1)C(=O)OC(C)(C)C)=NC(=O)OC(C)(C)C. The van der Waals surface area contributed by atoms with Crippen molar-refractivity contribution >= 4 is 64.7 Å². The fourth-order valence-corrected chi connectivity index (χ4v) is 7.32. The highest BCUT2D eigenvalue weighted by molar-refractivity contribution is 6.09. The molecule has 3 rings (SSSR count). The van der Waals surface area contributed by atoms with Crippen molar-refractivity contribution in [3.63, 3.8) is 0 Å². The third-order valence-corrected chi connectivity index (χ3v) is 10.1. The first-order chi connectivity index (χ1) is 34.9. The molecule has 1 heterocycles. The summed E-state index contributed by atoms with van der Waals surface area (Å²) in [5, 5.41) is 1.70. The third-order valence-electron chi connectivity index (χ3n) is 10.1. The van der Waals surface area contributed by atoms with E-state index in [0.29, 0.717) is 56.1 Å². The third kappa shape index (κ3) is 25.0. The van der Waals surface area contributed by atoms with Gasteiger partial charge in [0, 0.05) is 30.9 Å². The van der Waals surface area contributed by atoms with Crippen molar-refractivity contribution in [1.29, 1.82) is 0 Å². The molecule has 5 amide bonds. The van der Waals surface area contributed by atoms with Crippen LogP contribution in [0.4, 0.5) is 24.0 Å². The van der Waals surface area contributed by atoms with E-state index in [9.17, 15) is 28.8 Å². The predicted molar refractivity (Wildman–Crippen MR) is 294 cm³/mol. The van der Waals surface area contributed by atoms with E-state index in [2.05, 4.69) is 15.0 Å². The van der Waals surface area contributed by atoms with Gasteiger partial charge in [0.25, 0.3) is 0 Å². The van der Waals surface area contributed by atoms with Gasteiger partial charge in [0.15, 0.2) is 0 Å². The maximum Gasteiger partial charge on any atom is 0.437 e. The Kier molecular flexibility index (Phi) is 22.9. The number of rotatable bonds is 16. The fraction of sp³-hybridized carbons (Fsp3) is 0.667. The number of ether oxygens (including phenoxy) is 7. The molecule has 76 heavy (non-hydrogen) atoms. The molecule has 0 spiro atoms. The molecule has 19 heteroatoms. The van der Waals surface area contributed by atoms with Gasteiger partial charge in [-0.25, -0.2) is 33.8 Å². The minimum Gasteiger partial charge on any atom is -0.492 e. The molecule has 424 valence electrons. The van der Waals surface area contributed by atoms with Gasteiger partial charge < -0.3 is 33.2 Å². The lowest BCUT2D eigenvalue weighted by Gasteiger charge is -2.34. The van der Waals surface area contributed by atoms with Gasteiger partial charge in [-0.05, 0) is 179 Å². The average Bonchev–Trinajstić information content (AvgIpc) is 3.22. The van der Waals surface area contributed by atoms with Crippen LogP contribution in [0, 0.1) is 0 Å². The number of unbranched alkanes of at least 4 members (excludes halogenated alkanes) is 5. The Bertz CT molecular complexity index is 2420. The molecule has 0 unspecified atom stereocenters. The molecule has 0 N–H and O–H groups in total. The van der Waals surface area contributed by atoms with E-state index in [4.69, 9.17) is 33.2 Å². The average molecular weight is 1070 g/mol. The summed E-state index contributed by atoms with van der Waals surface area (Å²) < 4.78 is 40.1. The standard InChI is InChI=1S/C57H88N6O13/c1-52(2,3)71-44(64)38-42(59-47(65)72-53(4,5)6)26-23-21-19-20-22-24-32-62(50(68)75-56(13,14)15)46(60-48(66)73-54(7,8)9)63(51(69)76-57(16,17)18)34-35-70-43-30-29-39-36-41(28-27-40(39)37-43)45-58-31-25-33-61(45)49(67)74-55(10,11)12/h27-30,36-37H,19-26,31-35,38H2,1-18H3. The normalized spacial score (nSPS) is 14.1. The van der Waals surface area contributed by atoms with Crippen molar-refractivity contribution in [2.75, 3.05) is 32.8 Å². The second-order valence-corrected chi connectivity index (χ2v) is 24.7. The monoisotopic (exact) mass is 1060 g/mol. The first kappa shape index (κ1) is 64.0. The first-order valence-corrected chi connectivity index (χ1v) is 26.4. The maximum absolute atomic E-state index is 14.3. The quantitative estimate of drug-likeness (QED) is 0.0503. The number of guanidine groups is 1. The zero-order valence-corrected chi connectivity index (χ0v) is 48.9. The molecule has 0 aromatic heterocycles. The molecule has 1 aliphatic rings. The Hall–Kier alpha value is -6.27. The van der Waals surface area contributed by atoms with Gasteiger partial charge in [-0.15, -0.1) is 4.99 Å². The van der Waals surface area contributed by atoms with Crippen LogP contribution in [0.3, 0.4) is 0 Å². The minimum absolute atomic E-state index is 0.00605. The molecule has 0 saturated heterocycles. The molecule has 0 aliphatic carbocycles. The number of fused-ring (bicyclic) bond motifs is 1. The van der Waals surface area contributed by atoms with Gasteiger partial charge >= 0.3 is 36.4 Å². The Morgan fingerprint density at radius 2 is 1.04 bits per heavy atom. The number of carbonyl (C=O) groups excluding carboxylic acids is 6. The van der Waals surface area contributed by atoms with Crippen LogP contribution in [0.25, 0.3) is 10.8 Å². The van der Waals surface area contributed by atoms with Crippen LogP contribution in [0.5, 0.6) is 5.75 Å². The van der Waals surface area contributed by atoms with Crippen LogP contribution in [0.2, 0.25) is 0 Å². The van der Waals surface area contributed by atoms with Gasteiger partial charge in [0.2, 0.25) is 5.96 Å². The second kappa shape index (κ2) is 27.2. The molecular weight excluding hydrogens is 977 g/mol. The Morgan fingerprint density at radius 1 is 0.553 bits per heavy atom. The van der Waals surface area contributed by atoms with E-state index in [1.807, 2.05) is 51.1 Å². The summed E-state index contributed by atoms with van der Waals surface area (Å²) in [6.45, 7) is 32.0. The van der Waals surface area contributed by atoms with Crippen LogP contribution >= 0.6 is 0 Å². The Labute approximate surface area is 451 Å². The summed E-state index contributed by atoms with van der Waals surface area (Å²) in [5.41, 5.74) is -3.92. The molecule has 0 atom stereocenters. The molecular formula is C57H88N6O13. The zero-order valence-electron chi connectivity index (χ0n) is 48.9. The maximum atomic E-state index is 14.3. The molecule has 1 aliphatic heterocycles. The van der Waals surface area contributed by atoms with Crippen LogP contribution < -0.4 is 4.74 Å². The molecule has 0 fully saturated rings. The number of amidine groups is 1. The summed E-state index contributed by atoms with van der Waals surface area (Å²) >= 11 is 0. The highest BCUT2D eigenvalue weighted by atomic mass is 16.6. The summed E-state index contributed by atoms with van der Waals surface area (Å²) in [6.07, 6.45) is 0.888. The van der Waals surface area contributed by atoms with E-state index in [1.54, 1.807) is 115 Å². The number of esters is 1. The van der Waals surface area contributed by atoms with Gasteiger partial charge in [-0.1, -0.05) is 43.9 Å². The van der Waals surface area contributed by atoms with E-state index < -0.39 is 70.0 Å². The van der Waals surface area contributed by atoms with Crippen molar-refractivity contribution in [2.24, 2.45) is 15.0 Å². The first-order valence-electron chi connectivity index (χ1n) is 26.4. The van der Waals surface area contributed by atoms with Crippen molar-refractivity contribution in [1.82, 2.24) is 14.7 Å². The largest absolute Gasteiger partial charge is 0.492 e. The number of nitrogens with zero attached hydrogens (tertiary/aromatic N) is 6. The summed E-state index contributed by atoms with van der Waals surface area (Å²) in [7, 11) is 0. The lowest BCUT2D eigenvalue weighted by Crippen LogP contribution is -2.53. The zero-order chi connectivity index (χ0) is 57.5. The summed E-state index contributed by atoms with van der Waals surface area (Å²) in [4.78, 5) is 97.5. The lowest BCUT2D eigenvalue weighted by atomic mass is 10.0. The van der Waals surface area contributed by atoms with E-state index >= 15 is 0 Å². The molecule has 0 saturated carbocycles. The number of hydrogen-bond donors (Lipinski definition) is 0. The highest BCUT2D eigenvalue weighted by Crippen LogP contribution is 2.26. The van der Waals surface area contributed by atoms with Gasteiger partial charge in [0.1, 0.15) is 51.8 Å². The summed E-state index contributed by atoms with van der Waals surface area (Å²) in [6, 6.07) is 11.3. The number of carbonyl (C=O) groups is 6. The Morgan fingerprint density at radius 3 is 1.59 bits per heavy atom. The van der Waals surface area contributed by atoms with Crippen LogP contribution in [0.1, 0.15) is 188 Å². The molecule has 0 radical (unpaired) electrons. The fourth-order valence-electron chi connectivity index (χ4n) is 7.32. The summed E-state index contributed by atoms with van der Waals surface area (Å²) in [5.74, 6) is 0.163. The van der Waals surface area contributed by atoms with Gasteiger partial charge in [-0.3, -0.25) is 14.7 Å². The molecule has 19 nitrogen and oxygen atoms in total. The predicted octanol–water partition coefficient (Wildman–Crippen LogP) is 13.2. The van der Waals surface area contributed by atoms with Crippen molar-refractivity contribution in [2.45, 2.75) is 216 Å². The number of amides is 5. The number of aliphatic imine (C=N–C) groups is 3. The smallest absolute Gasteiger partial charge is 0.437 e. The number of hydrogen-bond acceptors (Lipinski definition) is 14. The van der Waals surface area contributed by atoms with Gasteiger partial charge in [-0.2, -0.15) is 4.99 Å². The van der Waals surface area contributed by atoms with Crippen molar-refractivity contribution in [3.05, 3.63) is 42.0 Å². The van der Waals surface area contributed by atoms with E-state index in [-0.39, 0.29) is 32.1 Å². The van der Waals surface area contributed by atoms with Crippen molar-refractivity contribution < 1.29 is 61.9 Å². The number of benzene rings is 2. The second-order valence-electron chi connectivity index (χ2n) is 24.7. The molecule has 2 aromatic carbocycles. The minimum atomic E-state index is -1.05. The van der Waals surface area contributed by atoms with E-state index in [1.165, 1.54) is 0 Å². The van der Waals surface area contributed by atoms with Crippen LogP contribution in [-0.2, 0) is 33.2 Å². The molecule has 2 aromatic rings. The van der Waals surface area contributed by atoms with E-state index in [0.717, 1.165) is 51.8 Å². The van der Waals surface area contributed by atoms with Crippen LogP contribution in [0.15, 0.2) is 51.4 Å². The van der Waals surface area contributed by atoms with Crippen molar-refractivity contribution in [3.8, 4) is 5.75 Å². The lowest BCUT2D eigenvalue weighted by molar-refractivity contribution is -0.153. The van der Waals surface area contributed by atoms with Gasteiger partial charge in [0.05, 0.1) is 13.0 Å². The Balaban J connectivity index is 1.88.